The molecular weight excluding hydrogens is 459 g/mol. The molecule has 0 fully saturated rings. The Kier molecular flexibility index (Phi) is 7.10. The van der Waals surface area contributed by atoms with Gasteiger partial charge in [-0.1, -0.05) is 52.3 Å². The number of carbonyl (C=O) groups excluding carboxylic acids is 1. The van der Waals surface area contributed by atoms with Gasteiger partial charge in [-0.15, -0.1) is 0 Å². The van der Waals surface area contributed by atoms with Crippen LogP contribution >= 0.6 is 15.9 Å². The Labute approximate surface area is 180 Å². The largest absolute Gasteiger partial charge is 0.393 e. The number of halogens is 4. The van der Waals surface area contributed by atoms with Crippen molar-refractivity contribution in [1.82, 2.24) is 10.3 Å². The van der Waals surface area contributed by atoms with Gasteiger partial charge in [-0.3, -0.25) is 4.79 Å². The van der Waals surface area contributed by atoms with Crippen LogP contribution in [0.15, 0.2) is 71.3 Å². The van der Waals surface area contributed by atoms with Crippen molar-refractivity contribution in [2.24, 2.45) is 0 Å². The van der Waals surface area contributed by atoms with Crippen molar-refractivity contribution in [3.8, 4) is 0 Å². The number of benzene rings is 2. The van der Waals surface area contributed by atoms with E-state index in [1.54, 1.807) is 18.2 Å². The maximum Gasteiger partial charge on any atom is 0.393 e. The van der Waals surface area contributed by atoms with Gasteiger partial charge < -0.3 is 10.6 Å². The molecule has 1 aromatic heterocycles. The lowest BCUT2D eigenvalue weighted by atomic mass is 10.1. The van der Waals surface area contributed by atoms with Crippen LogP contribution in [0, 0.1) is 0 Å². The van der Waals surface area contributed by atoms with Crippen molar-refractivity contribution in [1.29, 1.82) is 0 Å². The van der Waals surface area contributed by atoms with Crippen LogP contribution in [0.25, 0.3) is 0 Å². The number of anilines is 2. The highest BCUT2D eigenvalue weighted by Crippen LogP contribution is 2.26. The molecule has 30 heavy (non-hydrogen) atoms. The Balaban J connectivity index is 1.75. The van der Waals surface area contributed by atoms with Gasteiger partial charge in [0.25, 0.3) is 5.91 Å². The molecule has 0 saturated heterocycles. The molecule has 8 heteroatoms. The lowest BCUT2D eigenvalue weighted by Crippen LogP contribution is -2.28. The van der Waals surface area contributed by atoms with Gasteiger partial charge in [0.1, 0.15) is 5.82 Å². The minimum Gasteiger partial charge on any atom is -0.352 e. The average molecular weight is 478 g/mol. The van der Waals surface area contributed by atoms with E-state index in [2.05, 4.69) is 31.5 Å². The molecular formula is C22H19BrF3N3O. The van der Waals surface area contributed by atoms with Gasteiger partial charge >= 0.3 is 6.18 Å². The smallest absolute Gasteiger partial charge is 0.352 e. The summed E-state index contributed by atoms with van der Waals surface area (Å²) in [6.07, 6.45) is -3.91. The molecule has 2 aromatic carbocycles. The zero-order valence-corrected chi connectivity index (χ0v) is 17.4. The summed E-state index contributed by atoms with van der Waals surface area (Å²) in [7, 11) is 0. The summed E-state index contributed by atoms with van der Waals surface area (Å²) < 4.78 is 40.1. The average Bonchev–Trinajstić information content (AvgIpc) is 2.68. The number of alkyl halides is 3. The first-order valence-corrected chi connectivity index (χ1v) is 10.00. The van der Waals surface area contributed by atoms with E-state index < -0.39 is 18.5 Å². The van der Waals surface area contributed by atoms with E-state index in [0.29, 0.717) is 18.7 Å². The van der Waals surface area contributed by atoms with Crippen LogP contribution in [0.4, 0.5) is 24.7 Å². The van der Waals surface area contributed by atoms with Crippen LogP contribution in [0.5, 0.6) is 0 Å². The normalized spacial score (nSPS) is 11.2. The number of pyridine rings is 1. The minimum absolute atomic E-state index is 0.0832. The highest BCUT2D eigenvalue weighted by atomic mass is 79.9. The van der Waals surface area contributed by atoms with Gasteiger partial charge in [0, 0.05) is 22.9 Å². The second kappa shape index (κ2) is 9.75. The number of hydrogen-bond acceptors (Lipinski definition) is 3. The minimum atomic E-state index is -4.45. The molecule has 0 spiro atoms. The van der Waals surface area contributed by atoms with E-state index in [-0.39, 0.29) is 16.9 Å². The van der Waals surface area contributed by atoms with E-state index in [4.69, 9.17) is 0 Å². The summed E-state index contributed by atoms with van der Waals surface area (Å²) in [4.78, 5) is 16.6. The summed E-state index contributed by atoms with van der Waals surface area (Å²) in [6, 6.07) is 17.9. The molecule has 156 valence electrons. The first kappa shape index (κ1) is 21.8. The Bertz CT molecular complexity index is 1010. The van der Waals surface area contributed by atoms with Crippen molar-refractivity contribution in [3.63, 3.8) is 0 Å². The first-order chi connectivity index (χ1) is 14.3. The molecule has 0 unspecified atom stereocenters. The van der Waals surface area contributed by atoms with Crippen molar-refractivity contribution in [3.05, 3.63) is 88.0 Å². The van der Waals surface area contributed by atoms with E-state index in [9.17, 15) is 18.0 Å². The summed E-state index contributed by atoms with van der Waals surface area (Å²) in [5.74, 6) is -0.347. The maximum absolute atomic E-state index is 13.1. The van der Waals surface area contributed by atoms with E-state index in [0.717, 1.165) is 10.0 Å². The number of carbonyl (C=O) groups is 1. The molecule has 0 saturated carbocycles. The number of nitrogens with zero attached hydrogens (tertiary/aromatic N) is 1. The summed E-state index contributed by atoms with van der Waals surface area (Å²) in [6.45, 7) is 0.312. The maximum atomic E-state index is 13.1. The fraction of sp³-hybridized carbons (Fsp3) is 0.182. The van der Waals surface area contributed by atoms with Gasteiger partial charge in [0.05, 0.1) is 12.0 Å². The molecule has 4 nitrogen and oxygen atoms in total. The van der Waals surface area contributed by atoms with Crippen molar-refractivity contribution >= 4 is 33.3 Å². The van der Waals surface area contributed by atoms with Gasteiger partial charge in [-0.05, 0) is 41.8 Å². The lowest BCUT2D eigenvalue weighted by Gasteiger charge is -2.14. The number of amides is 1. The van der Waals surface area contributed by atoms with Crippen LogP contribution < -0.4 is 10.6 Å². The molecule has 0 bridgehead atoms. The molecule has 0 radical (unpaired) electrons. The molecule has 0 atom stereocenters. The third-order valence-corrected chi connectivity index (χ3v) is 4.76. The molecule has 2 N–H and O–H groups in total. The Morgan fingerprint density at radius 3 is 2.50 bits per heavy atom. The van der Waals surface area contributed by atoms with Crippen molar-refractivity contribution in [2.45, 2.75) is 19.0 Å². The quantitative estimate of drug-likeness (QED) is 0.461. The third-order valence-electron chi connectivity index (χ3n) is 4.26. The standard InChI is InChI=1S/C22H19BrF3N3O/c23-17-7-4-8-18(12-17)29-20-11-16(13-22(24,25)26)19(14-28-20)21(30)27-10-9-15-5-2-1-3-6-15/h1-8,11-12,14H,9-10,13H2,(H,27,30)(H,28,29). The Morgan fingerprint density at radius 2 is 1.80 bits per heavy atom. The van der Waals surface area contributed by atoms with E-state index in [1.165, 1.54) is 12.3 Å². The molecule has 1 amide bonds. The highest BCUT2D eigenvalue weighted by molar-refractivity contribution is 9.10. The number of aromatic nitrogens is 1. The summed E-state index contributed by atoms with van der Waals surface area (Å²) in [5, 5.41) is 5.64. The summed E-state index contributed by atoms with van der Waals surface area (Å²) >= 11 is 3.34. The zero-order valence-electron chi connectivity index (χ0n) is 15.8. The monoisotopic (exact) mass is 477 g/mol. The SMILES string of the molecule is O=C(NCCc1ccccc1)c1cnc(Nc2cccc(Br)c2)cc1CC(F)(F)F. The van der Waals surface area contributed by atoms with Crippen LogP contribution in [0.1, 0.15) is 21.5 Å². The van der Waals surface area contributed by atoms with Gasteiger partial charge in [-0.2, -0.15) is 13.2 Å². The van der Waals surface area contributed by atoms with E-state index >= 15 is 0 Å². The molecule has 0 aliphatic heterocycles. The van der Waals surface area contributed by atoms with Gasteiger partial charge in [0.2, 0.25) is 0 Å². The second-order valence-electron chi connectivity index (χ2n) is 6.65. The molecule has 0 aliphatic carbocycles. The first-order valence-electron chi connectivity index (χ1n) is 9.20. The van der Waals surface area contributed by atoms with Crippen LogP contribution in [-0.4, -0.2) is 23.6 Å². The van der Waals surface area contributed by atoms with Crippen LogP contribution in [0.2, 0.25) is 0 Å². The molecule has 3 aromatic rings. The Morgan fingerprint density at radius 1 is 1.03 bits per heavy atom. The predicted octanol–water partition coefficient (Wildman–Crippen LogP) is 5.67. The summed E-state index contributed by atoms with van der Waals surface area (Å²) in [5.41, 5.74) is 1.47. The fourth-order valence-corrected chi connectivity index (χ4v) is 3.31. The second-order valence-corrected chi connectivity index (χ2v) is 7.56. The van der Waals surface area contributed by atoms with Crippen LogP contribution in [0.3, 0.4) is 0 Å². The third kappa shape index (κ3) is 6.59. The zero-order chi connectivity index (χ0) is 21.6. The topological polar surface area (TPSA) is 54.0 Å². The number of hydrogen-bond donors (Lipinski definition) is 2. The van der Waals surface area contributed by atoms with E-state index in [1.807, 2.05) is 36.4 Å². The predicted molar refractivity (Wildman–Crippen MR) is 114 cm³/mol. The molecule has 3 rings (SSSR count). The van der Waals surface area contributed by atoms with Crippen LogP contribution in [-0.2, 0) is 12.8 Å². The van der Waals surface area contributed by atoms with Crippen molar-refractivity contribution in [2.75, 3.05) is 11.9 Å². The number of nitrogens with one attached hydrogen (secondary N) is 2. The Hall–Kier alpha value is -2.87. The van der Waals surface area contributed by atoms with Gasteiger partial charge in [0.15, 0.2) is 0 Å². The molecule has 1 heterocycles. The highest BCUT2D eigenvalue weighted by Gasteiger charge is 2.30. The fourth-order valence-electron chi connectivity index (χ4n) is 2.91. The van der Waals surface area contributed by atoms with Gasteiger partial charge in [-0.25, -0.2) is 4.98 Å². The lowest BCUT2D eigenvalue weighted by molar-refractivity contribution is -0.127. The molecule has 0 aliphatic rings. The number of rotatable bonds is 7. The van der Waals surface area contributed by atoms with Crippen molar-refractivity contribution < 1.29 is 18.0 Å².